The number of hydrogen-bond acceptors (Lipinski definition) is 5. The summed E-state index contributed by atoms with van der Waals surface area (Å²) in [5.41, 5.74) is 4.97. The number of aromatic nitrogens is 1. The Hall–Kier alpha value is -1.67. The lowest BCUT2D eigenvalue weighted by atomic mass is 10.1. The highest BCUT2D eigenvalue weighted by Crippen LogP contribution is 2.06. The van der Waals surface area contributed by atoms with E-state index >= 15 is 0 Å². The van der Waals surface area contributed by atoms with Crippen LogP contribution >= 0.6 is 0 Å². The van der Waals surface area contributed by atoms with Crippen LogP contribution in [0.3, 0.4) is 0 Å². The highest BCUT2D eigenvalue weighted by molar-refractivity contribution is 7.89. The van der Waals surface area contributed by atoms with E-state index in [4.69, 9.17) is 10.9 Å². The molecule has 8 heteroatoms. The van der Waals surface area contributed by atoms with E-state index in [9.17, 15) is 8.42 Å². The normalized spacial score (nSPS) is 13.5. The Bertz CT molecular complexity index is 540. The fraction of sp³-hybridized carbons (Fsp3) is 0.455. The summed E-state index contributed by atoms with van der Waals surface area (Å²) < 4.78 is 26.2. The highest BCUT2D eigenvalue weighted by atomic mass is 32.2. The molecule has 0 saturated heterocycles. The van der Waals surface area contributed by atoms with Gasteiger partial charge in [0.15, 0.2) is 5.84 Å². The fourth-order valence-corrected chi connectivity index (χ4v) is 2.86. The largest absolute Gasteiger partial charge is 0.409 e. The van der Waals surface area contributed by atoms with Crippen LogP contribution in [0.5, 0.6) is 0 Å². The molecule has 0 radical (unpaired) electrons. The summed E-state index contributed by atoms with van der Waals surface area (Å²) in [7, 11) is -3.55. The van der Waals surface area contributed by atoms with E-state index in [1.54, 1.807) is 24.4 Å². The molecule has 1 rings (SSSR count). The highest BCUT2D eigenvalue weighted by Gasteiger charge is 2.29. The van der Waals surface area contributed by atoms with Gasteiger partial charge in [0.25, 0.3) is 0 Å². The second kappa shape index (κ2) is 5.98. The lowest BCUT2D eigenvalue weighted by Gasteiger charge is -2.24. The van der Waals surface area contributed by atoms with Crippen molar-refractivity contribution < 1.29 is 13.6 Å². The number of nitrogens with two attached hydrogens (primary N) is 1. The molecule has 1 aromatic rings. The number of oxime groups is 1. The number of nitrogens with one attached hydrogen (secondary N) is 1. The summed E-state index contributed by atoms with van der Waals surface area (Å²) in [4.78, 5) is 4.05. The molecule has 0 aliphatic rings. The van der Waals surface area contributed by atoms with Gasteiger partial charge in [0.1, 0.15) is 0 Å². The minimum absolute atomic E-state index is 0.119. The Labute approximate surface area is 112 Å². The van der Waals surface area contributed by atoms with E-state index in [2.05, 4.69) is 14.9 Å². The van der Waals surface area contributed by atoms with Crippen LogP contribution < -0.4 is 10.5 Å². The van der Waals surface area contributed by atoms with Crippen molar-refractivity contribution in [1.29, 1.82) is 0 Å². The molecule has 0 spiro atoms. The van der Waals surface area contributed by atoms with Gasteiger partial charge in [-0.25, -0.2) is 13.1 Å². The third-order valence-electron chi connectivity index (χ3n) is 2.51. The van der Waals surface area contributed by atoms with Crippen molar-refractivity contribution in [2.45, 2.75) is 25.8 Å². The van der Waals surface area contributed by atoms with E-state index in [0.717, 1.165) is 0 Å². The van der Waals surface area contributed by atoms with Crippen LogP contribution in [-0.4, -0.2) is 35.7 Å². The zero-order chi connectivity index (χ0) is 14.5. The van der Waals surface area contributed by atoms with Gasteiger partial charge in [0, 0.05) is 18.3 Å². The average molecular weight is 286 g/mol. The first-order valence-electron chi connectivity index (χ1n) is 5.66. The zero-order valence-corrected chi connectivity index (χ0v) is 11.7. The minimum atomic E-state index is -3.55. The van der Waals surface area contributed by atoms with Gasteiger partial charge in [-0.15, -0.1) is 0 Å². The molecule has 0 saturated carbocycles. The lowest BCUT2D eigenvalue weighted by molar-refractivity contribution is 0.312. The van der Waals surface area contributed by atoms with Crippen molar-refractivity contribution in [2.75, 3.05) is 5.75 Å². The minimum Gasteiger partial charge on any atom is -0.409 e. The van der Waals surface area contributed by atoms with E-state index in [0.29, 0.717) is 12.1 Å². The lowest BCUT2D eigenvalue weighted by Crippen LogP contribution is -2.53. The molecule has 0 amide bonds. The predicted octanol–water partition coefficient (Wildman–Crippen LogP) is 0.0685. The first-order valence-corrected chi connectivity index (χ1v) is 7.31. The molecule has 0 aromatic carbocycles. The van der Waals surface area contributed by atoms with Crippen LogP contribution in [0.1, 0.15) is 19.5 Å². The second-order valence-electron chi connectivity index (χ2n) is 4.60. The Morgan fingerprint density at radius 1 is 1.53 bits per heavy atom. The number of rotatable bonds is 6. The van der Waals surface area contributed by atoms with Crippen LogP contribution in [-0.2, 0) is 16.4 Å². The molecule has 0 bridgehead atoms. The molecular weight excluding hydrogens is 268 g/mol. The van der Waals surface area contributed by atoms with E-state index in [1.807, 2.05) is 0 Å². The van der Waals surface area contributed by atoms with Crippen LogP contribution in [0.25, 0.3) is 0 Å². The van der Waals surface area contributed by atoms with Gasteiger partial charge in [0.05, 0.1) is 11.3 Å². The summed E-state index contributed by atoms with van der Waals surface area (Å²) in [5, 5.41) is 11.4. The van der Waals surface area contributed by atoms with Crippen molar-refractivity contribution in [1.82, 2.24) is 9.71 Å². The Morgan fingerprint density at radius 3 is 2.74 bits per heavy atom. The molecule has 0 fully saturated rings. The molecular formula is C11H18N4O3S. The molecule has 0 unspecified atom stereocenters. The van der Waals surface area contributed by atoms with Crippen LogP contribution in [0.2, 0.25) is 0 Å². The molecule has 0 aliphatic heterocycles. The summed E-state index contributed by atoms with van der Waals surface area (Å²) in [6.07, 6.45) is 1.90. The van der Waals surface area contributed by atoms with Gasteiger partial charge in [-0.3, -0.25) is 4.98 Å². The Kier molecular flexibility index (Phi) is 4.84. The smallest absolute Gasteiger partial charge is 0.212 e. The fourth-order valence-electron chi connectivity index (χ4n) is 1.40. The molecule has 19 heavy (non-hydrogen) atoms. The van der Waals surface area contributed by atoms with E-state index < -0.39 is 15.6 Å². The third kappa shape index (κ3) is 4.84. The van der Waals surface area contributed by atoms with Gasteiger partial charge >= 0.3 is 0 Å². The topological polar surface area (TPSA) is 118 Å². The summed E-state index contributed by atoms with van der Waals surface area (Å²) in [6.45, 7) is 3.03. The van der Waals surface area contributed by atoms with Crippen molar-refractivity contribution in [3.8, 4) is 0 Å². The number of nitrogens with zero attached hydrogens (tertiary/aromatic N) is 2. The van der Waals surface area contributed by atoms with Gasteiger partial charge in [0.2, 0.25) is 10.0 Å². The molecule has 0 aliphatic carbocycles. The first kappa shape index (κ1) is 15.4. The number of pyridine rings is 1. The maximum atomic E-state index is 11.9. The van der Waals surface area contributed by atoms with Gasteiger partial charge in [-0.05, 0) is 26.0 Å². The maximum absolute atomic E-state index is 11.9. The zero-order valence-electron chi connectivity index (χ0n) is 10.9. The molecule has 1 aromatic heterocycles. The first-order chi connectivity index (χ1) is 8.77. The summed E-state index contributed by atoms with van der Waals surface area (Å²) in [6, 6.07) is 5.31. The molecule has 0 atom stereocenters. The van der Waals surface area contributed by atoms with Crippen molar-refractivity contribution in [2.24, 2.45) is 10.9 Å². The molecule has 7 nitrogen and oxygen atoms in total. The average Bonchev–Trinajstić information content (AvgIpc) is 2.35. The maximum Gasteiger partial charge on any atom is 0.212 e. The van der Waals surface area contributed by atoms with E-state index in [-0.39, 0.29) is 11.6 Å². The quantitative estimate of drug-likeness (QED) is 0.296. The number of aryl methyl sites for hydroxylation is 1. The van der Waals surface area contributed by atoms with Crippen molar-refractivity contribution in [3.05, 3.63) is 30.1 Å². The van der Waals surface area contributed by atoms with Gasteiger partial charge < -0.3 is 10.9 Å². The number of hydrogen-bond donors (Lipinski definition) is 3. The Morgan fingerprint density at radius 2 is 2.21 bits per heavy atom. The van der Waals surface area contributed by atoms with Crippen molar-refractivity contribution >= 4 is 15.9 Å². The molecule has 1 heterocycles. The molecule has 106 valence electrons. The monoisotopic (exact) mass is 286 g/mol. The van der Waals surface area contributed by atoms with Crippen LogP contribution in [0.15, 0.2) is 29.6 Å². The summed E-state index contributed by atoms with van der Waals surface area (Å²) >= 11 is 0. The second-order valence-corrected chi connectivity index (χ2v) is 6.44. The predicted molar refractivity (Wildman–Crippen MR) is 72.4 cm³/mol. The molecule has 4 N–H and O–H groups in total. The third-order valence-corrected chi connectivity index (χ3v) is 4.07. The van der Waals surface area contributed by atoms with Crippen LogP contribution in [0, 0.1) is 0 Å². The van der Waals surface area contributed by atoms with E-state index in [1.165, 1.54) is 13.8 Å². The van der Waals surface area contributed by atoms with Gasteiger partial charge in [-0.1, -0.05) is 11.2 Å². The van der Waals surface area contributed by atoms with Gasteiger partial charge in [-0.2, -0.15) is 0 Å². The number of sulfonamides is 1. The van der Waals surface area contributed by atoms with Crippen molar-refractivity contribution in [3.63, 3.8) is 0 Å². The SMILES string of the molecule is CC(C)(NS(=O)(=O)CCc1ccccn1)/C(N)=N/O. The standard InChI is InChI=1S/C11H18N4O3S/c1-11(2,10(12)14-16)15-19(17,18)8-6-9-5-3-4-7-13-9/h3-5,7,15-16H,6,8H2,1-2H3,(H2,12,14). The Balaban J connectivity index is 2.68. The summed E-state index contributed by atoms with van der Waals surface area (Å²) in [5.74, 6) is -0.319. The number of amidine groups is 1. The van der Waals surface area contributed by atoms with Crippen LogP contribution in [0.4, 0.5) is 0 Å².